The SMILES string of the molecule is COc1ccc([C@@H](CC(C)C)N2CCNCC2)c(OC)c1. The summed E-state index contributed by atoms with van der Waals surface area (Å²) in [5.41, 5.74) is 1.27. The van der Waals surface area contributed by atoms with Gasteiger partial charge in [-0.25, -0.2) is 0 Å². The molecule has 1 aromatic rings. The van der Waals surface area contributed by atoms with E-state index < -0.39 is 0 Å². The fraction of sp³-hybridized carbons (Fsp3) is 0.647. The third-order valence-corrected chi connectivity index (χ3v) is 4.09. The van der Waals surface area contributed by atoms with Gasteiger partial charge >= 0.3 is 0 Å². The van der Waals surface area contributed by atoms with Crippen LogP contribution in [0.5, 0.6) is 11.5 Å². The van der Waals surface area contributed by atoms with Gasteiger partial charge in [0.15, 0.2) is 0 Å². The van der Waals surface area contributed by atoms with E-state index in [9.17, 15) is 0 Å². The van der Waals surface area contributed by atoms with Gasteiger partial charge in [-0.05, 0) is 18.4 Å². The van der Waals surface area contributed by atoms with Crippen LogP contribution in [-0.4, -0.2) is 45.3 Å². The van der Waals surface area contributed by atoms with Gasteiger partial charge in [0.25, 0.3) is 0 Å². The van der Waals surface area contributed by atoms with E-state index in [1.807, 2.05) is 12.1 Å². The molecular weight excluding hydrogens is 264 g/mol. The van der Waals surface area contributed by atoms with Crippen LogP contribution in [0.25, 0.3) is 0 Å². The monoisotopic (exact) mass is 292 g/mol. The molecule has 0 aromatic heterocycles. The zero-order valence-corrected chi connectivity index (χ0v) is 13.7. The molecule has 0 bridgehead atoms. The van der Waals surface area contributed by atoms with Crippen LogP contribution in [0.2, 0.25) is 0 Å². The number of ether oxygens (including phenoxy) is 2. The van der Waals surface area contributed by atoms with E-state index >= 15 is 0 Å². The Morgan fingerprint density at radius 3 is 2.43 bits per heavy atom. The first-order chi connectivity index (χ1) is 10.2. The summed E-state index contributed by atoms with van der Waals surface area (Å²) in [6, 6.07) is 6.60. The van der Waals surface area contributed by atoms with E-state index in [0.29, 0.717) is 12.0 Å². The molecule has 1 fully saturated rings. The topological polar surface area (TPSA) is 33.7 Å². The lowest BCUT2D eigenvalue weighted by atomic mass is 9.94. The molecule has 0 saturated carbocycles. The molecule has 1 saturated heterocycles. The van der Waals surface area contributed by atoms with E-state index in [4.69, 9.17) is 9.47 Å². The van der Waals surface area contributed by atoms with Crippen molar-refractivity contribution in [2.45, 2.75) is 26.3 Å². The second-order valence-electron chi connectivity index (χ2n) is 6.04. The number of hydrogen-bond acceptors (Lipinski definition) is 4. The molecule has 0 aliphatic carbocycles. The van der Waals surface area contributed by atoms with Crippen molar-refractivity contribution >= 4 is 0 Å². The van der Waals surface area contributed by atoms with Gasteiger partial charge in [0.05, 0.1) is 14.2 Å². The van der Waals surface area contributed by atoms with Crippen LogP contribution in [0.4, 0.5) is 0 Å². The molecule has 2 rings (SSSR count). The van der Waals surface area contributed by atoms with E-state index in [-0.39, 0.29) is 0 Å². The number of piperazine rings is 1. The van der Waals surface area contributed by atoms with E-state index in [1.165, 1.54) is 5.56 Å². The van der Waals surface area contributed by atoms with Crippen LogP contribution in [-0.2, 0) is 0 Å². The van der Waals surface area contributed by atoms with Gasteiger partial charge in [-0.3, -0.25) is 4.90 Å². The molecule has 1 N–H and O–H groups in total. The summed E-state index contributed by atoms with van der Waals surface area (Å²) in [7, 11) is 3.43. The number of hydrogen-bond donors (Lipinski definition) is 1. The van der Waals surface area contributed by atoms with Gasteiger partial charge in [0, 0.05) is 43.9 Å². The summed E-state index contributed by atoms with van der Waals surface area (Å²) in [6.07, 6.45) is 1.14. The first kappa shape index (κ1) is 16.1. The Bertz CT molecular complexity index is 442. The minimum atomic E-state index is 0.410. The molecule has 1 aliphatic rings. The highest BCUT2D eigenvalue weighted by Gasteiger charge is 2.25. The van der Waals surface area contributed by atoms with Crippen molar-refractivity contribution in [3.8, 4) is 11.5 Å². The van der Waals surface area contributed by atoms with Crippen molar-refractivity contribution in [3.05, 3.63) is 23.8 Å². The highest BCUT2D eigenvalue weighted by atomic mass is 16.5. The second-order valence-corrected chi connectivity index (χ2v) is 6.04. The lowest BCUT2D eigenvalue weighted by Crippen LogP contribution is -2.45. The first-order valence-corrected chi connectivity index (χ1v) is 7.82. The maximum Gasteiger partial charge on any atom is 0.127 e. The summed E-state index contributed by atoms with van der Waals surface area (Å²) in [6.45, 7) is 8.87. The summed E-state index contributed by atoms with van der Waals surface area (Å²) in [4.78, 5) is 2.57. The minimum Gasteiger partial charge on any atom is -0.497 e. The maximum absolute atomic E-state index is 5.62. The fourth-order valence-corrected chi connectivity index (χ4v) is 3.01. The smallest absolute Gasteiger partial charge is 0.127 e. The summed E-state index contributed by atoms with van der Waals surface area (Å²) < 4.78 is 10.9. The van der Waals surface area contributed by atoms with Crippen LogP contribution in [0, 0.1) is 5.92 Å². The standard InChI is InChI=1S/C17H28N2O2/c1-13(2)11-16(19-9-7-18-8-10-19)15-6-5-14(20-3)12-17(15)21-4/h5-6,12-13,16,18H,7-11H2,1-4H3/t16-/m1/s1. The molecule has 118 valence electrons. The van der Waals surface area contributed by atoms with Crippen LogP contribution < -0.4 is 14.8 Å². The molecule has 0 amide bonds. The number of benzene rings is 1. The molecule has 1 aromatic carbocycles. The summed E-state index contributed by atoms with van der Waals surface area (Å²) in [5.74, 6) is 2.43. The fourth-order valence-electron chi connectivity index (χ4n) is 3.01. The molecule has 0 radical (unpaired) electrons. The lowest BCUT2D eigenvalue weighted by Gasteiger charge is -2.36. The predicted octanol–water partition coefficient (Wildman–Crippen LogP) is 2.70. The number of nitrogens with zero attached hydrogens (tertiary/aromatic N) is 1. The number of methoxy groups -OCH3 is 2. The normalized spacial score (nSPS) is 17.8. The van der Waals surface area contributed by atoms with Crippen molar-refractivity contribution in [1.29, 1.82) is 0 Å². The summed E-state index contributed by atoms with van der Waals surface area (Å²) in [5, 5.41) is 3.43. The average molecular weight is 292 g/mol. The quantitative estimate of drug-likeness (QED) is 0.874. The third-order valence-electron chi connectivity index (χ3n) is 4.09. The van der Waals surface area contributed by atoms with Gasteiger partial charge < -0.3 is 14.8 Å². The predicted molar refractivity (Wildman–Crippen MR) is 86.2 cm³/mol. The molecule has 4 nitrogen and oxygen atoms in total. The summed E-state index contributed by atoms with van der Waals surface area (Å²) >= 11 is 0. The van der Waals surface area contributed by atoms with Crippen molar-refractivity contribution in [3.63, 3.8) is 0 Å². The Hall–Kier alpha value is -1.26. The van der Waals surface area contributed by atoms with Gasteiger partial charge in [-0.15, -0.1) is 0 Å². The third kappa shape index (κ3) is 4.11. The Kier molecular flexibility index (Phi) is 5.88. The van der Waals surface area contributed by atoms with Gasteiger partial charge in [0.2, 0.25) is 0 Å². The van der Waals surface area contributed by atoms with Gasteiger partial charge in [-0.1, -0.05) is 19.9 Å². The zero-order chi connectivity index (χ0) is 15.2. The Morgan fingerprint density at radius 1 is 1.14 bits per heavy atom. The molecule has 1 aliphatic heterocycles. The van der Waals surface area contributed by atoms with E-state index in [2.05, 4.69) is 30.1 Å². The Balaban J connectivity index is 2.30. The van der Waals surface area contributed by atoms with E-state index in [1.54, 1.807) is 14.2 Å². The molecule has 1 heterocycles. The average Bonchev–Trinajstić information content (AvgIpc) is 2.52. The van der Waals surface area contributed by atoms with Crippen LogP contribution in [0.15, 0.2) is 18.2 Å². The van der Waals surface area contributed by atoms with Crippen molar-refractivity contribution < 1.29 is 9.47 Å². The lowest BCUT2D eigenvalue weighted by molar-refractivity contribution is 0.151. The Labute approximate surface area is 128 Å². The Morgan fingerprint density at radius 2 is 1.86 bits per heavy atom. The zero-order valence-electron chi connectivity index (χ0n) is 13.7. The molecule has 21 heavy (non-hydrogen) atoms. The van der Waals surface area contributed by atoms with Crippen molar-refractivity contribution in [2.24, 2.45) is 5.92 Å². The van der Waals surface area contributed by atoms with Crippen molar-refractivity contribution in [2.75, 3.05) is 40.4 Å². The highest BCUT2D eigenvalue weighted by Crippen LogP contribution is 2.36. The first-order valence-electron chi connectivity index (χ1n) is 7.82. The highest BCUT2D eigenvalue weighted by molar-refractivity contribution is 5.42. The molecular formula is C17H28N2O2. The van der Waals surface area contributed by atoms with Gasteiger partial charge in [0.1, 0.15) is 11.5 Å². The van der Waals surface area contributed by atoms with Gasteiger partial charge in [-0.2, -0.15) is 0 Å². The minimum absolute atomic E-state index is 0.410. The molecule has 4 heteroatoms. The number of rotatable bonds is 6. The van der Waals surface area contributed by atoms with E-state index in [0.717, 1.165) is 44.1 Å². The molecule has 0 unspecified atom stereocenters. The largest absolute Gasteiger partial charge is 0.497 e. The number of nitrogens with one attached hydrogen (secondary N) is 1. The van der Waals surface area contributed by atoms with Crippen molar-refractivity contribution in [1.82, 2.24) is 10.2 Å². The van der Waals surface area contributed by atoms with Crippen LogP contribution in [0.1, 0.15) is 31.9 Å². The molecule has 0 spiro atoms. The van der Waals surface area contributed by atoms with Crippen LogP contribution >= 0.6 is 0 Å². The maximum atomic E-state index is 5.62. The molecule has 1 atom stereocenters. The van der Waals surface area contributed by atoms with Crippen LogP contribution in [0.3, 0.4) is 0 Å². The second kappa shape index (κ2) is 7.66.